The van der Waals surface area contributed by atoms with Gasteiger partial charge in [-0.2, -0.15) is 0 Å². The highest BCUT2D eigenvalue weighted by molar-refractivity contribution is 5.78. The number of morpholine rings is 1. The number of nitrogens with one attached hydrogen (secondary N) is 2. The molecule has 0 radical (unpaired) electrons. The maximum Gasteiger partial charge on any atom is 0.246 e. The Labute approximate surface area is 65.3 Å². The molecule has 2 N–H and O–H groups in total. The van der Waals surface area contributed by atoms with Crippen LogP contribution in [0.4, 0.5) is 0 Å². The Bertz CT molecular complexity index is 163. The van der Waals surface area contributed by atoms with Crippen LogP contribution in [0.3, 0.4) is 0 Å². The first kappa shape index (κ1) is 7.06. The van der Waals surface area contributed by atoms with E-state index in [9.17, 15) is 4.79 Å². The van der Waals surface area contributed by atoms with Crippen LogP contribution in [-0.2, 0) is 9.53 Å². The van der Waals surface area contributed by atoms with Gasteiger partial charge in [0, 0.05) is 13.1 Å². The molecule has 11 heavy (non-hydrogen) atoms. The number of hydrogen-bond donors (Lipinski definition) is 2. The second-order valence-corrected chi connectivity index (χ2v) is 3.18. The molecule has 0 saturated carbocycles. The highest BCUT2D eigenvalue weighted by Crippen LogP contribution is 2.20. The number of rotatable bonds is 0. The van der Waals surface area contributed by atoms with Crippen molar-refractivity contribution < 1.29 is 9.53 Å². The molecule has 0 aliphatic carbocycles. The van der Waals surface area contributed by atoms with Gasteiger partial charge in [0.25, 0.3) is 0 Å². The molecular formula is C7H12N2O2. The largest absolute Gasteiger partial charge is 0.362 e. The predicted octanol–water partition coefficient (Wildman–Crippen LogP) is -1.14. The van der Waals surface area contributed by atoms with E-state index >= 15 is 0 Å². The van der Waals surface area contributed by atoms with Crippen LogP contribution in [0.25, 0.3) is 0 Å². The second-order valence-electron chi connectivity index (χ2n) is 3.18. The smallest absolute Gasteiger partial charge is 0.246 e. The van der Waals surface area contributed by atoms with Crippen LogP contribution in [0, 0.1) is 0 Å². The molecule has 1 spiro atoms. The van der Waals surface area contributed by atoms with Gasteiger partial charge in [0.1, 0.15) is 6.61 Å². The summed E-state index contributed by atoms with van der Waals surface area (Å²) in [5, 5.41) is 6.03. The Hall–Kier alpha value is -0.610. The lowest BCUT2D eigenvalue weighted by molar-refractivity contribution is -0.141. The summed E-state index contributed by atoms with van der Waals surface area (Å²) in [5.74, 6) is 0.00234. The lowest BCUT2D eigenvalue weighted by Crippen LogP contribution is -2.53. The van der Waals surface area contributed by atoms with Crippen molar-refractivity contribution in [1.82, 2.24) is 10.6 Å². The predicted molar refractivity (Wildman–Crippen MR) is 39.2 cm³/mol. The zero-order valence-electron chi connectivity index (χ0n) is 6.35. The van der Waals surface area contributed by atoms with Crippen LogP contribution in [0.5, 0.6) is 0 Å². The Balaban J connectivity index is 1.99. The summed E-state index contributed by atoms with van der Waals surface area (Å²) < 4.78 is 5.46. The van der Waals surface area contributed by atoms with Crippen molar-refractivity contribution in [2.45, 2.75) is 12.0 Å². The van der Waals surface area contributed by atoms with Crippen molar-refractivity contribution in [3.8, 4) is 0 Å². The molecule has 0 bridgehead atoms. The molecule has 4 nitrogen and oxygen atoms in total. The summed E-state index contributed by atoms with van der Waals surface area (Å²) in [6.45, 7) is 2.75. The quantitative estimate of drug-likeness (QED) is 0.466. The van der Waals surface area contributed by atoms with Gasteiger partial charge in [-0.3, -0.25) is 4.79 Å². The van der Waals surface area contributed by atoms with E-state index in [4.69, 9.17) is 4.74 Å². The van der Waals surface area contributed by atoms with E-state index in [0.29, 0.717) is 6.54 Å². The van der Waals surface area contributed by atoms with E-state index in [1.807, 2.05) is 0 Å². The summed E-state index contributed by atoms with van der Waals surface area (Å²) >= 11 is 0. The summed E-state index contributed by atoms with van der Waals surface area (Å²) in [6, 6.07) is 0. The Morgan fingerprint density at radius 2 is 2.36 bits per heavy atom. The molecule has 2 aliphatic heterocycles. The Kier molecular flexibility index (Phi) is 1.58. The molecule has 0 aromatic heterocycles. The maximum atomic E-state index is 10.7. The fourth-order valence-electron chi connectivity index (χ4n) is 1.58. The van der Waals surface area contributed by atoms with Crippen LogP contribution >= 0.6 is 0 Å². The third-order valence-corrected chi connectivity index (χ3v) is 2.32. The number of carbonyl (C=O) groups excluding carboxylic acids is 1. The molecule has 2 rings (SSSR count). The van der Waals surface area contributed by atoms with Gasteiger partial charge >= 0.3 is 0 Å². The lowest BCUT2D eigenvalue weighted by Gasteiger charge is -2.32. The maximum absolute atomic E-state index is 10.7. The Morgan fingerprint density at radius 1 is 1.45 bits per heavy atom. The van der Waals surface area contributed by atoms with Crippen LogP contribution < -0.4 is 10.6 Å². The van der Waals surface area contributed by atoms with Gasteiger partial charge in [-0.1, -0.05) is 0 Å². The number of carbonyl (C=O) groups is 1. The summed E-state index contributed by atoms with van der Waals surface area (Å²) in [6.07, 6.45) is 1.01. The van der Waals surface area contributed by atoms with Crippen molar-refractivity contribution in [2.24, 2.45) is 0 Å². The van der Waals surface area contributed by atoms with Crippen molar-refractivity contribution in [3.05, 3.63) is 0 Å². The van der Waals surface area contributed by atoms with Crippen molar-refractivity contribution in [1.29, 1.82) is 0 Å². The van der Waals surface area contributed by atoms with E-state index in [2.05, 4.69) is 10.6 Å². The van der Waals surface area contributed by atoms with E-state index in [0.717, 1.165) is 19.5 Å². The molecule has 1 atom stereocenters. The molecule has 2 aliphatic rings. The molecule has 1 amide bonds. The minimum Gasteiger partial charge on any atom is -0.362 e. The van der Waals surface area contributed by atoms with Crippen LogP contribution in [0.15, 0.2) is 0 Å². The Morgan fingerprint density at radius 3 is 2.91 bits per heavy atom. The normalized spacial score (nSPS) is 37.6. The van der Waals surface area contributed by atoms with Gasteiger partial charge in [0.15, 0.2) is 0 Å². The SMILES string of the molecule is O=C1CO[C@@]2(CCNC2)CN1. The van der Waals surface area contributed by atoms with Crippen molar-refractivity contribution >= 4 is 5.91 Å². The minimum atomic E-state index is -0.0894. The van der Waals surface area contributed by atoms with Gasteiger partial charge in [-0.25, -0.2) is 0 Å². The fourth-order valence-corrected chi connectivity index (χ4v) is 1.58. The van der Waals surface area contributed by atoms with Crippen molar-refractivity contribution in [3.63, 3.8) is 0 Å². The molecular weight excluding hydrogens is 144 g/mol. The molecule has 0 aromatic rings. The summed E-state index contributed by atoms with van der Waals surface area (Å²) in [4.78, 5) is 10.7. The summed E-state index contributed by atoms with van der Waals surface area (Å²) in [5.41, 5.74) is -0.0894. The molecule has 62 valence electrons. The zero-order chi connectivity index (χ0) is 7.73. The topological polar surface area (TPSA) is 50.4 Å². The fraction of sp³-hybridized carbons (Fsp3) is 0.857. The first-order chi connectivity index (χ1) is 5.31. The molecule has 2 fully saturated rings. The standard InChI is InChI=1S/C7H12N2O2/c10-6-3-11-7(5-9-6)1-2-8-4-7/h8H,1-5H2,(H,9,10)/t7-/m1/s1. The second kappa shape index (κ2) is 2.46. The average molecular weight is 156 g/mol. The molecule has 4 heteroatoms. The van der Waals surface area contributed by atoms with Crippen molar-refractivity contribution in [2.75, 3.05) is 26.2 Å². The molecule has 0 unspecified atom stereocenters. The van der Waals surface area contributed by atoms with E-state index in [-0.39, 0.29) is 18.1 Å². The molecule has 2 saturated heterocycles. The van der Waals surface area contributed by atoms with Crippen LogP contribution in [0.1, 0.15) is 6.42 Å². The van der Waals surface area contributed by atoms with Gasteiger partial charge in [-0.15, -0.1) is 0 Å². The highest BCUT2D eigenvalue weighted by atomic mass is 16.5. The first-order valence-electron chi connectivity index (χ1n) is 3.92. The average Bonchev–Trinajstić information content (AvgIpc) is 2.45. The monoisotopic (exact) mass is 156 g/mol. The van der Waals surface area contributed by atoms with E-state index < -0.39 is 0 Å². The van der Waals surface area contributed by atoms with Crippen LogP contribution in [0.2, 0.25) is 0 Å². The number of hydrogen-bond acceptors (Lipinski definition) is 3. The van der Waals surface area contributed by atoms with Gasteiger partial charge in [-0.05, 0) is 13.0 Å². The highest BCUT2D eigenvalue weighted by Gasteiger charge is 2.38. The number of ether oxygens (including phenoxy) is 1. The van der Waals surface area contributed by atoms with E-state index in [1.54, 1.807) is 0 Å². The lowest BCUT2D eigenvalue weighted by atomic mass is 10.0. The van der Waals surface area contributed by atoms with Crippen LogP contribution in [-0.4, -0.2) is 37.7 Å². The van der Waals surface area contributed by atoms with Gasteiger partial charge in [0.05, 0.1) is 5.60 Å². The molecule has 0 aromatic carbocycles. The zero-order valence-corrected chi connectivity index (χ0v) is 6.35. The number of amides is 1. The first-order valence-corrected chi connectivity index (χ1v) is 3.92. The minimum absolute atomic E-state index is 0.00234. The van der Waals surface area contributed by atoms with Gasteiger partial charge in [0.2, 0.25) is 5.91 Å². The summed E-state index contributed by atoms with van der Waals surface area (Å²) in [7, 11) is 0. The third kappa shape index (κ3) is 1.23. The molecule has 2 heterocycles. The van der Waals surface area contributed by atoms with E-state index in [1.165, 1.54) is 0 Å². The van der Waals surface area contributed by atoms with Gasteiger partial charge < -0.3 is 15.4 Å². The third-order valence-electron chi connectivity index (χ3n) is 2.32.